The van der Waals surface area contributed by atoms with Crippen molar-refractivity contribution in [2.45, 2.75) is 46.1 Å². The van der Waals surface area contributed by atoms with Crippen LogP contribution < -0.4 is 5.73 Å². The zero-order valence-electron chi connectivity index (χ0n) is 12.8. The summed E-state index contributed by atoms with van der Waals surface area (Å²) in [7, 11) is 0. The number of thiazole rings is 1. The van der Waals surface area contributed by atoms with Crippen LogP contribution in [0.4, 0.5) is 0 Å². The molecule has 1 aromatic carbocycles. The first-order chi connectivity index (χ1) is 9.45. The normalized spacial score (nSPS) is 12.1. The highest BCUT2D eigenvalue weighted by Gasteiger charge is 2.28. The Balaban J connectivity index is 2.39. The van der Waals surface area contributed by atoms with Gasteiger partial charge in [0.15, 0.2) is 0 Å². The molecule has 0 atom stereocenters. The molecule has 0 aliphatic rings. The molecule has 2 N–H and O–H groups in total. The summed E-state index contributed by atoms with van der Waals surface area (Å²) in [6.07, 6.45) is 1.01. The van der Waals surface area contributed by atoms with Gasteiger partial charge in [0.1, 0.15) is 5.01 Å². The van der Waals surface area contributed by atoms with Gasteiger partial charge in [-0.05, 0) is 31.7 Å². The monoisotopic (exact) mass is 288 g/mol. The Hall–Kier alpha value is -1.19. The van der Waals surface area contributed by atoms with Crippen molar-refractivity contribution in [1.82, 2.24) is 4.98 Å². The molecular formula is C17H24N2S. The average molecular weight is 288 g/mol. The fourth-order valence-electron chi connectivity index (χ4n) is 2.33. The van der Waals surface area contributed by atoms with Gasteiger partial charge in [-0.2, -0.15) is 0 Å². The fourth-order valence-corrected chi connectivity index (χ4v) is 3.43. The van der Waals surface area contributed by atoms with Crippen molar-refractivity contribution >= 4 is 11.3 Å². The second kappa shape index (κ2) is 6.06. The number of aromatic nitrogens is 1. The summed E-state index contributed by atoms with van der Waals surface area (Å²) in [5, 5.41) is 1.17. The number of benzene rings is 1. The highest BCUT2D eigenvalue weighted by molar-refractivity contribution is 7.12. The minimum absolute atomic E-state index is 0.0644. The lowest BCUT2D eigenvalue weighted by atomic mass is 9.85. The Morgan fingerprint density at radius 1 is 1.20 bits per heavy atom. The Kier molecular flexibility index (Phi) is 4.61. The van der Waals surface area contributed by atoms with Crippen LogP contribution in [0, 0.1) is 5.92 Å². The maximum absolute atomic E-state index is 5.89. The first-order valence-corrected chi connectivity index (χ1v) is 8.01. The number of rotatable bonds is 5. The molecule has 2 nitrogen and oxygen atoms in total. The molecule has 20 heavy (non-hydrogen) atoms. The van der Waals surface area contributed by atoms with Gasteiger partial charge in [-0.15, -0.1) is 11.3 Å². The first-order valence-electron chi connectivity index (χ1n) is 7.19. The van der Waals surface area contributed by atoms with Crippen molar-refractivity contribution in [2.75, 3.05) is 0 Å². The lowest BCUT2D eigenvalue weighted by Crippen LogP contribution is -2.18. The summed E-state index contributed by atoms with van der Waals surface area (Å²) in [6.45, 7) is 9.51. The second-order valence-electron chi connectivity index (χ2n) is 6.18. The zero-order chi connectivity index (χ0) is 14.8. The molecule has 0 saturated carbocycles. The van der Waals surface area contributed by atoms with E-state index in [4.69, 9.17) is 10.7 Å². The third kappa shape index (κ3) is 3.10. The summed E-state index contributed by atoms with van der Waals surface area (Å²) >= 11 is 1.77. The third-order valence-corrected chi connectivity index (χ3v) is 5.04. The van der Waals surface area contributed by atoms with Crippen LogP contribution in [0.1, 0.15) is 48.8 Å². The maximum atomic E-state index is 5.89. The number of nitrogens with two attached hydrogens (primary N) is 1. The summed E-state index contributed by atoms with van der Waals surface area (Å²) in [4.78, 5) is 6.14. The highest BCUT2D eigenvalue weighted by atomic mass is 32.1. The van der Waals surface area contributed by atoms with Gasteiger partial charge in [0.25, 0.3) is 0 Å². The summed E-state index contributed by atoms with van der Waals surface area (Å²) in [5.41, 5.74) is 8.31. The molecule has 0 radical (unpaired) electrons. The van der Waals surface area contributed by atoms with Crippen LogP contribution >= 0.6 is 11.3 Å². The van der Waals surface area contributed by atoms with E-state index in [-0.39, 0.29) is 5.41 Å². The topological polar surface area (TPSA) is 38.9 Å². The van der Waals surface area contributed by atoms with Crippen LogP contribution in [0.5, 0.6) is 0 Å². The van der Waals surface area contributed by atoms with E-state index in [1.54, 1.807) is 11.3 Å². The Morgan fingerprint density at radius 3 is 2.40 bits per heavy atom. The molecule has 0 spiro atoms. The molecule has 0 saturated heterocycles. The predicted octanol–water partition coefficient (Wildman–Crippen LogP) is 4.13. The van der Waals surface area contributed by atoms with E-state index in [1.165, 1.54) is 21.1 Å². The van der Waals surface area contributed by atoms with Crippen LogP contribution in [-0.4, -0.2) is 4.98 Å². The Morgan fingerprint density at radius 2 is 1.85 bits per heavy atom. The molecule has 0 unspecified atom stereocenters. The predicted molar refractivity (Wildman–Crippen MR) is 87.1 cm³/mol. The minimum atomic E-state index is -0.0644. The molecule has 1 heterocycles. The lowest BCUT2D eigenvalue weighted by molar-refractivity contribution is 0.609. The number of hydrogen-bond acceptors (Lipinski definition) is 3. The molecule has 2 aromatic rings. The largest absolute Gasteiger partial charge is 0.326 e. The van der Waals surface area contributed by atoms with Crippen molar-refractivity contribution in [3.05, 3.63) is 51.5 Å². The number of hydrogen-bond donors (Lipinski definition) is 1. The van der Waals surface area contributed by atoms with Gasteiger partial charge >= 0.3 is 0 Å². The van der Waals surface area contributed by atoms with Gasteiger partial charge in [-0.3, -0.25) is 0 Å². The SMILES string of the molecule is CC(C)Cc1nc(C(C)(C)c2ccccc2)sc1CN. The summed E-state index contributed by atoms with van der Waals surface area (Å²) < 4.78 is 0. The quantitative estimate of drug-likeness (QED) is 0.898. The van der Waals surface area contributed by atoms with Crippen molar-refractivity contribution in [2.24, 2.45) is 11.7 Å². The van der Waals surface area contributed by atoms with Crippen LogP contribution in [0.3, 0.4) is 0 Å². The van der Waals surface area contributed by atoms with E-state index < -0.39 is 0 Å². The molecule has 0 fully saturated rings. The van der Waals surface area contributed by atoms with E-state index >= 15 is 0 Å². The molecule has 0 aliphatic heterocycles. The van der Waals surface area contributed by atoms with Crippen molar-refractivity contribution in [3.63, 3.8) is 0 Å². The van der Waals surface area contributed by atoms with Gasteiger partial charge in [0.2, 0.25) is 0 Å². The van der Waals surface area contributed by atoms with E-state index in [2.05, 4.69) is 58.0 Å². The summed E-state index contributed by atoms with van der Waals surface area (Å²) in [5.74, 6) is 0.607. The molecule has 2 rings (SSSR count). The van der Waals surface area contributed by atoms with E-state index in [1.807, 2.05) is 0 Å². The van der Waals surface area contributed by atoms with E-state index in [0.29, 0.717) is 12.5 Å². The molecule has 0 aliphatic carbocycles. The molecule has 108 valence electrons. The van der Waals surface area contributed by atoms with Crippen LogP contribution in [0.25, 0.3) is 0 Å². The summed E-state index contributed by atoms with van der Waals surface area (Å²) in [6, 6.07) is 10.6. The highest BCUT2D eigenvalue weighted by Crippen LogP contribution is 2.35. The first kappa shape index (κ1) is 15.2. The van der Waals surface area contributed by atoms with Crippen LogP contribution in [0.2, 0.25) is 0 Å². The zero-order valence-corrected chi connectivity index (χ0v) is 13.6. The van der Waals surface area contributed by atoms with Crippen molar-refractivity contribution in [3.8, 4) is 0 Å². The van der Waals surface area contributed by atoms with E-state index in [0.717, 1.165) is 6.42 Å². The Bertz CT molecular complexity index is 556. The van der Waals surface area contributed by atoms with Gasteiger partial charge in [-0.25, -0.2) is 4.98 Å². The smallest absolute Gasteiger partial charge is 0.103 e. The third-order valence-electron chi connectivity index (χ3n) is 3.60. The van der Waals surface area contributed by atoms with Gasteiger partial charge in [-0.1, -0.05) is 44.2 Å². The minimum Gasteiger partial charge on any atom is -0.326 e. The number of nitrogens with zero attached hydrogens (tertiary/aromatic N) is 1. The Labute approximate surface area is 126 Å². The molecule has 3 heteroatoms. The molecule has 0 bridgehead atoms. The molecule has 0 amide bonds. The average Bonchev–Trinajstić information content (AvgIpc) is 2.82. The second-order valence-corrected chi connectivity index (χ2v) is 7.27. The van der Waals surface area contributed by atoms with Crippen molar-refractivity contribution < 1.29 is 0 Å². The maximum Gasteiger partial charge on any atom is 0.103 e. The van der Waals surface area contributed by atoms with Gasteiger partial charge < -0.3 is 5.73 Å². The van der Waals surface area contributed by atoms with Crippen LogP contribution in [0.15, 0.2) is 30.3 Å². The standard InChI is InChI=1S/C17H24N2S/c1-12(2)10-14-15(11-18)20-16(19-14)17(3,4)13-8-6-5-7-9-13/h5-9,12H,10-11,18H2,1-4H3. The fraction of sp³-hybridized carbons (Fsp3) is 0.471. The lowest BCUT2D eigenvalue weighted by Gasteiger charge is -2.22. The molecular weight excluding hydrogens is 264 g/mol. The molecule has 1 aromatic heterocycles. The van der Waals surface area contributed by atoms with Gasteiger partial charge in [0, 0.05) is 16.8 Å². The van der Waals surface area contributed by atoms with E-state index in [9.17, 15) is 0 Å². The van der Waals surface area contributed by atoms with Crippen LogP contribution in [-0.2, 0) is 18.4 Å². The van der Waals surface area contributed by atoms with Crippen molar-refractivity contribution in [1.29, 1.82) is 0 Å². The van der Waals surface area contributed by atoms with Gasteiger partial charge in [0.05, 0.1) is 5.69 Å².